The fourth-order valence-electron chi connectivity index (χ4n) is 4.83. The van der Waals surface area contributed by atoms with Gasteiger partial charge in [0.25, 0.3) is 0 Å². The van der Waals surface area contributed by atoms with Crippen molar-refractivity contribution >= 4 is 0 Å². The number of aromatic hydroxyl groups is 2. The predicted molar refractivity (Wildman–Crippen MR) is 84.3 cm³/mol. The van der Waals surface area contributed by atoms with Gasteiger partial charge < -0.3 is 15.5 Å². The van der Waals surface area contributed by atoms with E-state index in [1.165, 1.54) is 19.3 Å². The Balaban J connectivity index is 1.82. The summed E-state index contributed by atoms with van der Waals surface area (Å²) in [5.74, 6) is 1.12. The molecule has 3 heteroatoms. The molecule has 0 amide bonds. The van der Waals surface area contributed by atoms with Gasteiger partial charge in [-0.05, 0) is 55.1 Å². The van der Waals surface area contributed by atoms with E-state index in [1.54, 1.807) is 18.2 Å². The van der Waals surface area contributed by atoms with E-state index in [4.69, 9.17) is 0 Å². The third kappa shape index (κ3) is 1.97. The molecule has 0 spiro atoms. The van der Waals surface area contributed by atoms with Crippen LogP contribution >= 0.6 is 0 Å². The molecule has 0 heterocycles. The minimum Gasteiger partial charge on any atom is -0.507 e. The second kappa shape index (κ2) is 4.64. The highest BCUT2D eigenvalue weighted by Gasteiger charge is 2.61. The molecule has 4 unspecified atom stereocenters. The molecule has 2 aliphatic rings. The Kier molecular flexibility index (Phi) is 3.25. The summed E-state index contributed by atoms with van der Waals surface area (Å²) in [5.41, 5.74) is 1.28. The predicted octanol–water partition coefficient (Wildman–Crippen LogP) is 3.96. The second-order valence-corrected chi connectivity index (χ2v) is 7.76. The van der Waals surface area contributed by atoms with E-state index in [2.05, 4.69) is 26.1 Å². The van der Waals surface area contributed by atoms with Crippen molar-refractivity contribution in [2.75, 3.05) is 0 Å². The van der Waals surface area contributed by atoms with E-state index in [-0.39, 0.29) is 17.5 Å². The van der Waals surface area contributed by atoms with E-state index in [9.17, 15) is 10.2 Å². The summed E-state index contributed by atoms with van der Waals surface area (Å²) >= 11 is 0. The number of phenols is 2. The van der Waals surface area contributed by atoms with Crippen LogP contribution in [-0.2, 0) is 0 Å². The highest BCUT2D eigenvalue weighted by molar-refractivity contribution is 5.45. The summed E-state index contributed by atoms with van der Waals surface area (Å²) in [7, 11) is 0. The minimum absolute atomic E-state index is 0.0526. The van der Waals surface area contributed by atoms with Crippen molar-refractivity contribution in [1.29, 1.82) is 0 Å². The maximum absolute atomic E-state index is 10.0. The first kappa shape index (κ1) is 14.7. The van der Waals surface area contributed by atoms with Crippen molar-refractivity contribution in [3.8, 4) is 11.5 Å². The molecule has 21 heavy (non-hydrogen) atoms. The average Bonchev–Trinajstić information content (AvgIpc) is 2.71. The SMILES string of the molecule is CC(NC1CC2CCC1(C)C2(C)C)c1c(O)cccc1O. The quantitative estimate of drug-likeness (QED) is 0.789. The normalized spacial score (nSPS) is 35.0. The summed E-state index contributed by atoms with van der Waals surface area (Å²) in [6.45, 7) is 9.22. The summed E-state index contributed by atoms with van der Waals surface area (Å²) < 4.78 is 0. The fourth-order valence-corrected chi connectivity index (χ4v) is 4.83. The van der Waals surface area contributed by atoms with Crippen LogP contribution in [0.2, 0.25) is 0 Å². The molecule has 2 bridgehead atoms. The van der Waals surface area contributed by atoms with E-state index in [0.717, 1.165) is 5.92 Å². The molecule has 0 radical (unpaired) electrons. The van der Waals surface area contributed by atoms with Gasteiger partial charge in [-0.15, -0.1) is 0 Å². The van der Waals surface area contributed by atoms with Crippen molar-refractivity contribution in [2.24, 2.45) is 16.7 Å². The van der Waals surface area contributed by atoms with E-state index in [0.29, 0.717) is 22.4 Å². The van der Waals surface area contributed by atoms with Gasteiger partial charge in [-0.25, -0.2) is 0 Å². The zero-order valence-corrected chi connectivity index (χ0v) is 13.5. The lowest BCUT2D eigenvalue weighted by Crippen LogP contribution is -2.45. The van der Waals surface area contributed by atoms with E-state index < -0.39 is 0 Å². The lowest BCUT2D eigenvalue weighted by Gasteiger charge is -2.41. The lowest BCUT2D eigenvalue weighted by atomic mass is 9.69. The Morgan fingerprint density at radius 2 is 1.81 bits per heavy atom. The second-order valence-electron chi connectivity index (χ2n) is 7.76. The van der Waals surface area contributed by atoms with Crippen molar-refractivity contribution < 1.29 is 10.2 Å². The van der Waals surface area contributed by atoms with Crippen molar-refractivity contribution in [2.45, 2.75) is 59.0 Å². The lowest BCUT2D eigenvalue weighted by molar-refractivity contribution is 0.116. The standard InChI is InChI=1S/C18H27NO2/c1-11(16-13(20)6-5-7-14(16)21)19-15-10-12-8-9-18(15,4)17(12,2)3/h5-7,11-12,15,19-21H,8-10H2,1-4H3. The van der Waals surface area contributed by atoms with Gasteiger partial charge in [0.1, 0.15) is 11.5 Å². The average molecular weight is 289 g/mol. The summed E-state index contributed by atoms with van der Waals surface area (Å²) in [6, 6.07) is 5.34. The molecular weight excluding hydrogens is 262 g/mol. The molecule has 3 nitrogen and oxygen atoms in total. The van der Waals surface area contributed by atoms with Crippen LogP contribution in [-0.4, -0.2) is 16.3 Å². The molecule has 2 saturated carbocycles. The first-order valence-electron chi connectivity index (χ1n) is 8.04. The molecule has 0 saturated heterocycles. The number of benzene rings is 1. The molecule has 1 aromatic rings. The molecule has 0 aliphatic heterocycles. The van der Waals surface area contributed by atoms with Crippen molar-refractivity contribution in [3.05, 3.63) is 23.8 Å². The van der Waals surface area contributed by atoms with Gasteiger partial charge in [0, 0.05) is 12.1 Å². The maximum Gasteiger partial charge on any atom is 0.124 e. The smallest absolute Gasteiger partial charge is 0.124 e. The van der Waals surface area contributed by atoms with Crippen LogP contribution in [0.15, 0.2) is 18.2 Å². The monoisotopic (exact) mass is 289 g/mol. The van der Waals surface area contributed by atoms with Gasteiger partial charge in [0.15, 0.2) is 0 Å². The molecule has 3 N–H and O–H groups in total. The first-order chi connectivity index (χ1) is 9.77. The molecule has 4 atom stereocenters. The van der Waals surface area contributed by atoms with E-state index in [1.807, 2.05) is 6.92 Å². The third-order valence-corrected chi connectivity index (χ3v) is 6.74. The molecule has 0 aromatic heterocycles. The Morgan fingerprint density at radius 1 is 1.19 bits per heavy atom. The number of phenolic OH excluding ortho intramolecular Hbond substituents is 2. The molecule has 1 aromatic carbocycles. The van der Waals surface area contributed by atoms with Gasteiger partial charge in [0.05, 0.1) is 5.56 Å². The van der Waals surface area contributed by atoms with Crippen LogP contribution in [0.25, 0.3) is 0 Å². The summed E-state index contributed by atoms with van der Waals surface area (Å²) in [5, 5.41) is 23.8. The molecular formula is C18H27NO2. The summed E-state index contributed by atoms with van der Waals surface area (Å²) in [4.78, 5) is 0. The van der Waals surface area contributed by atoms with Crippen LogP contribution in [0.4, 0.5) is 0 Å². The maximum atomic E-state index is 10.0. The van der Waals surface area contributed by atoms with Gasteiger partial charge >= 0.3 is 0 Å². The zero-order valence-electron chi connectivity index (χ0n) is 13.5. The topological polar surface area (TPSA) is 52.5 Å². The largest absolute Gasteiger partial charge is 0.507 e. The number of rotatable bonds is 3. The Morgan fingerprint density at radius 3 is 2.29 bits per heavy atom. The van der Waals surface area contributed by atoms with Crippen LogP contribution in [0.1, 0.15) is 58.6 Å². The van der Waals surface area contributed by atoms with Gasteiger partial charge in [-0.1, -0.05) is 26.8 Å². The Hall–Kier alpha value is -1.22. The Labute approximate surface area is 127 Å². The van der Waals surface area contributed by atoms with E-state index >= 15 is 0 Å². The number of hydrogen-bond acceptors (Lipinski definition) is 3. The van der Waals surface area contributed by atoms with Crippen molar-refractivity contribution in [1.82, 2.24) is 5.32 Å². The van der Waals surface area contributed by atoms with Gasteiger partial charge in [-0.3, -0.25) is 0 Å². The number of fused-ring (bicyclic) bond motifs is 2. The highest BCUT2D eigenvalue weighted by atomic mass is 16.3. The highest BCUT2D eigenvalue weighted by Crippen LogP contribution is 2.65. The number of nitrogens with one attached hydrogen (secondary N) is 1. The number of hydrogen-bond donors (Lipinski definition) is 3. The minimum atomic E-state index is -0.0526. The van der Waals surface area contributed by atoms with Gasteiger partial charge in [0.2, 0.25) is 0 Å². The fraction of sp³-hybridized carbons (Fsp3) is 0.667. The van der Waals surface area contributed by atoms with Crippen LogP contribution < -0.4 is 5.32 Å². The first-order valence-corrected chi connectivity index (χ1v) is 8.04. The Bertz CT molecular complexity index is 534. The van der Waals surface area contributed by atoms with Crippen molar-refractivity contribution in [3.63, 3.8) is 0 Å². The van der Waals surface area contributed by atoms with Crippen LogP contribution in [0, 0.1) is 16.7 Å². The summed E-state index contributed by atoms with van der Waals surface area (Å²) in [6.07, 6.45) is 3.79. The van der Waals surface area contributed by atoms with Crippen LogP contribution in [0.3, 0.4) is 0 Å². The van der Waals surface area contributed by atoms with Crippen LogP contribution in [0.5, 0.6) is 11.5 Å². The molecule has 2 fully saturated rings. The molecule has 116 valence electrons. The third-order valence-electron chi connectivity index (χ3n) is 6.74. The molecule has 2 aliphatic carbocycles. The molecule has 3 rings (SSSR count). The van der Waals surface area contributed by atoms with Gasteiger partial charge in [-0.2, -0.15) is 0 Å². The zero-order chi connectivity index (χ0) is 15.4.